The van der Waals surface area contributed by atoms with Gasteiger partial charge in [-0.3, -0.25) is 0 Å². The lowest BCUT2D eigenvalue weighted by Gasteiger charge is -2.25. The van der Waals surface area contributed by atoms with Gasteiger partial charge in [0.1, 0.15) is 0 Å². The van der Waals surface area contributed by atoms with Gasteiger partial charge >= 0.3 is 0 Å². The molecule has 0 heteroatoms. The summed E-state index contributed by atoms with van der Waals surface area (Å²) >= 11 is 0. The lowest BCUT2D eigenvalue weighted by molar-refractivity contribution is 0.476. The van der Waals surface area contributed by atoms with E-state index in [0.29, 0.717) is 0 Å². The van der Waals surface area contributed by atoms with Crippen LogP contribution in [0.4, 0.5) is 0 Å². The first-order valence-electron chi connectivity index (χ1n) is 36.4. The molecule has 0 saturated carbocycles. The molecule has 1 atom stereocenters. The summed E-state index contributed by atoms with van der Waals surface area (Å²) in [6.45, 7) is 11.8. The number of benzene rings is 1. The first-order valence-corrected chi connectivity index (χ1v) is 36.4. The molecule has 0 aliphatic heterocycles. The van der Waals surface area contributed by atoms with Crippen LogP contribution in [0.3, 0.4) is 0 Å². The van der Waals surface area contributed by atoms with E-state index in [9.17, 15) is 0 Å². The Morgan fingerprint density at radius 2 is 0.400 bits per heavy atom. The maximum absolute atomic E-state index is 2.68. The number of hydrogen-bond acceptors (Lipinski definition) is 0. The van der Waals surface area contributed by atoms with Crippen LogP contribution >= 0.6 is 0 Å². The van der Waals surface area contributed by atoms with Crippen LogP contribution in [0.25, 0.3) is 0 Å². The molecule has 1 unspecified atom stereocenters. The molecule has 75 heavy (non-hydrogen) atoms. The van der Waals surface area contributed by atoms with Crippen molar-refractivity contribution >= 4 is 0 Å². The largest absolute Gasteiger partial charge is 0.0654 e. The molecule has 0 nitrogen and oxygen atoms in total. The average Bonchev–Trinajstić information content (AvgIpc) is 3.42. The van der Waals surface area contributed by atoms with Crippen molar-refractivity contribution in [1.29, 1.82) is 0 Å². The molecule has 0 aromatic heterocycles. The Kier molecular flexibility index (Phi) is 58.6. The van der Waals surface area contributed by atoms with Gasteiger partial charge in [0, 0.05) is 0 Å². The fourth-order valence-electron chi connectivity index (χ4n) is 12.9. The summed E-state index contributed by atoms with van der Waals surface area (Å²) < 4.78 is 0. The van der Waals surface area contributed by atoms with E-state index >= 15 is 0 Å². The second kappa shape index (κ2) is 60.9. The molecule has 0 heterocycles. The minimum absolute atomic E-state index is 0.779. The molecule has 0 aliphatic carbocycles. The number of hydrogen-bond donors (Lipinski definition) is 0. The van der Waals surface area contributed by atoms with E-state index in [1.807, 2.05) is 5.56 Å². The minimum Gasteiger partial charge on any atom is -0.0654 e. The summed E-state index contributed by atoms with van der Waals surface area (Å²) in [5, 5.41) is 0. The standard InChI is InChI=1S/C75H144/c1-6-11-16-18-20-22-24-26-28-30-32-34-35-36-37-38-39-40-41-42-43-45-47-49-51-53-55-57-59-61-63-66-71(74-70-69-72(64-13-8-3)73(67-14-9-4)75(74)68-15-10-5)65-62-60-58-56-54-52-50-48-46-44-33-31-29-27-25-23-21-19-17-12-7-2/h69-71H,6-68H2,1-5H3. The number of aryl methyl sites for hydroxylation is 1. The summed E-state index contributed by atoms with van der Waals surface area (Å²) in [5.74, 6) is 0.779. The highest BCUT2D eigenvalue weighted by atomic mass is 14.2. The molecule has 0 radical (unpaired) electrons. The molecule has 444 valence electrons. The van der Waals surface area contributed by atoms with Crippen molar-refractivity contribution in [3.8, 4) is 0 Å². The van der Waals surface area contributed by atoms with E-state index in [-0.39, 0.29) is 0 Å². The molecule has 0 aliphatic rings. The predicted octanol–water partition coefficient (Wildman–Crippen LogP) is 27.9. The summed E-state index contributed by atoms with van der Waals surface area (Å²) in [6.07, 6.45) is 91.5. The van der Waals surface area contributed by atoms with Crippen LogP contribution in [-0.4, -0.2) is 0 Å². The third-order valence-electron chi connectivity index (χ3n) is 18.2. The van der Waals surface area contributed by atoms with Crippen molar-refractivity contribution in [2.45, 2.75) is 445 Å². The molecule has 0 amide bonds. The fourth-order valence-corrected chi connectivity index (χ4v) is 12.9. The number of rotatable bonds is 64. The summed E-state index contributed by atoms with van der Waals surface area (Å²) in [4.78, 5) is 0. The Balaban J connectivity index is 2.26. The average molecular weight is 1050 g/mol. The Morgan fingerprint density at radius 1 is 0.200 bits per heavy atom. The van der Waals surface area contributed by atoms with E-state index in [4.69, 9.17) is 0 Å². The van der Waals surface area contributed by atoms with Crippen LogP contribution in [0.15, 0.2) is 12.1 Å². The number of unbranched alkanes of at least 4 members (excludes halogenated alkanes) is 53. The van der Waals surface area contributed by atoms with Gasteiger partial charge in [0.15, 0.2) is 0 Å². The summed E-state index contributed by atoms with van der Waals surface area (Å²) in [7, 11) is 0. The molecule has 0 bridgehead atoms. The zero-order valence-corrected chi connectivity index (χ0v) is 53.3. The Morgan fingerprint density at radius 3 is 0.640 bits per heavy atom. The minimum atomic E-state index is 0.779. The highest BCUT2D eigenvalue weighted by Gasteiger charge is 2.20. The molecular formula is C75H144. The Bertz CT molecular complexity index is 1210. The van der Waals surface area contributed by atoms with Gasteiger partial charge in [0.2, 0.25) is 0 Å². The highest BCUT2D eigenvalue weighted by Crippen LogP contribution is 2.36. The van der Waals surface area contributed by atoms with Crippen LogP contribution in [0.5, 0.6) is 0 Å². The zero-order valence-electron chi connectivity index (χ0n) is 53.3. The van der Waals surface area contributed by atoms with Gasteiger partial charge in [-0.25, -0.2) is 0 Å². The van der Waals surface area contributed by atoms with E-state index in [0.717, 1.165) is 5.92 Å². The Labute approximate surface area is 477 Å². The van der Waals surface area contributed by atoms with Crippen molar-refractivity contribution in [3.63, 3.8) is 0 Å². The molecule has 0 spiro atoms. The van der Waals surface area contributed by atoms with Crippen molar-refractivity contribution in [2.75, 3.05) is 0 Å². The lowest BCUT2D eigenvalue weighted by atomic mass is 9.80. The van der Waals surface area contributed by atoms with Crippen LogP contribution < -0.4 is 0 Å². The van der Waals surface area contributed by atoms with Crippen molar-refractivity contribution in [1.82, 2.24) is 0 Å². The maximum atomic E-state index is 2.68. The summed E-state index contributed by atoms with van der Waals surface area (Å²) in [6, 6.07) is 5.30. The third kappa shape index (κ3) is 47.7. The smallest absolute Gasteiger partial charge is 0.0159 e. The first-order chi connectivity index (χ1) is 37.2. The topological polar surface area (TPSA) is 0 Å². The van der Waals surface area contributed by atoms with Gasteiger partial charge in [0.05, 0.1) is 0 Å². The van der Waals surface area contributed by atoms with Gasteiger partial charge in [-0.2, -0.15) is 0 Å². The van der Waals surface area contributed by atoms with Crippen molar-refractivity contribution < 1.29 is 0 Å². The second-order valence-electron chi connectivity index (χ2n) is 25.5. The van der Waals surface area contributed by atoms with Crippen LogP contribution in [0, 0.1) is 0 Å². The SMILES string of the molecule is CCCCCCCCCCCCCCCCCCCCCCCCCCCCCCCCCC(CCCCCCCCCCCCCCCCCCCCCCC)c1ccc(CCCC)c(CCCC)c1CCCC. The Hall–Kier alpha value is -0.780. The summed E-state index contributed by atoms with van der Waals surface area (Å²) in [5.41, 5.74) is 7.14. The van der Waals surface area contributed by atoms with Crippen LogP contribution in [0.2, 0.25) is 0 Å². The van der Waals surface area contributed by atoms with Gasteiger partial charge < -0.3 is 0 Å². The second-order valence-corrected chi connectivity index (χ2v) is 25.5. The van der Waals surface area contributed by atoms with Gasteiger partial charge in [-0.1, -0.05) is 400 Å². The van der Waals surface area contributed by atoms with E-state index in [1.54, 1.807) is 16.7 Å². The van der Waals surface area contributed by atoms with E-state index in [2.05, 4.69) is 46.8 Å². The zero-order chi connectivity index (χ0) is 53.8. The monoisotopic (exact) mass is 1050 g/mol. The molecule has 1 rings (SSSR count). The normalized spacial score (nSPS) is 12.2. The molecule has 0 fully saturated rings. The quantitative estimate of drug-likeness (QED) is 0.0571. The van der Waals surface area contributed by atoms with E-state index in [1.165, 1.54) is 405 Å². The highest BCUT2D eigenvalue weighted by molar-refractivity contribution is 5.43. The first kappa shape index (κ1) is 72.2. The van der Waals surface area contributed by atoms with Crippen LogP contribution in [0.1, 0.15) is 448 Å². The fraction of sp³-hybridized carbons (Fsp3) is 0.920. The van der Waals surface area contributed by atoms with Crippen molar-refractivity contribution in [3.05, 3.63) is 34.4 Å². The van der Waals surface area contributed by atoms with Gasteiger partial charge in [0.25, 0.3) is 0 Å². The van der Waals surface area contributed by atoms with Crippen LogP contribution in [-0.2, 0) is 19.3 Å². The maximum Gasteiger partial charge on any atom is -0.0159 e. The van der Waals surface area contributed by atoms with Gasteiger partial charge in [-0.05, 0) is 79.5 Å². The molecule has 0 saturated heterocycles. The molecule has 1 aromatic carbocycles. The lowest BCUT2D eigenvalue weighted by Crippen LogP contribution is -2.10. The molecular weight excluding hydrogens is 901 g/mol. The third-order valence-corrected chi connectivity index (χ3v) is 18.2. The molecule has 1 aromatic rings. The van der Waals surface area contributed by atoms with Crippen molar-refractivity contribution in [2.24, 2.45) is 0 Å². The molecule has 0 N–H and O–H groups in total. The van der Waals surface area contributed by atoms with Gasteiger partial charge in [-0.15, -0.1) is 0 Å². The predicted molar refractivity (Wildman–Crippen MR) is 346 cm³/mol. The van der Waals surface area contributed by atoms with E-state index < -0.39 is 0 Å².